The highest BCUT2D eigenvalue weighted by Gasteiger charge is 2.32. The molecule has 0 radical (unpaired) electrons. The summed E-state index contributed by atoms with van der Waals surface area (Å²) in [6.45, 7) is 3.22. The number of aromatic nitrogens is 4. The van der Waals surface area contributed by atoms with Crippen LogP contribution in [0.25, 0.3) is 5.69 Å². The van der Waals surface area contributed by atoms with Crippen molar-refractivity contribution in [3.8, 4) is 5.69 Å². The van der Waals surface area contributed by atoms with Gasteiger partial charge in [-0.15, -0.1) is 10.2 Å². The molecule has 0 atom stereocenters. The molecule has 3 aromatic rings. The molecule has 174 valence electrons. The van der Waals surface area contributed by atoms with Crippen LogP contribution in [0, 0.1) is 6.92 Å². The maximum atomic E-state index is 12.9. The Hall–Kier alpha value is -2.71. The van der Waals surface area contributed by atoms with Gasteiger partial charge in [0.2, 0.25) is 5.91 Å². The van der Waals surface area contributed by atoms with Crippen molar-refractivity contribution >= 4 is 17.5 Å². The summed E-state index contributed by atoms with van der Waals surface area (Å²) in [7, 11) is 3.80. The zero-order valence-electron chi connectivity index (χ0n) is 19.3. The number of halogens is 1. The number of hydrogen-bond acceptors (Lipinski definition) is 6. The molecular weight excluding hydrogens is 440 g/mol. The molecule has 0 saturated heterocycles. The smallest absolute Gasteiger partial charge is 0.237 e. The summed E-state index contributed by atoms with van der Waals surface area (Å²) < 4.78 is 7.45. The third kappa shape index (κ3) is 4.42. The Labute approximate surface area is 198 Å². The van der Waals surface area contributed by atoms with Gasteiger partial charge in [-0.2, -0.15) is 0 Å². The first-order valence-electron chi connectivity index (χ1n) is 11.5. The van der Waals surface area contributed by atoms with Crippen LogP contribution in [0.5, 0.6) is 0 Å². The van der Waals surface area contributed by atoms with Crippen LogP contribution in [0.3, 0.4) is 0 Å². The Bertz CT molecular complexity index is 1160. The molecule has 1 aliphatic heterocycles. The molecule has 0 N–H and O–H groups in total. The lowest BCUT2D eigenvalue weighted by Crippen LogP contribution is -2.36. The van der Waals surface area contributed by atoms with Crippen LogP contribution < -0.4 is 0 Å². The van der Waals surface area contributed by atoms with Gasteiger partial charge in [-0.3, -0.25) is 9.36 Å². The second-order valence-corrected chi connectivity index (χ2v) is 9.92. The third-order valence-electron chi connectivity index (χ3n) is 6.69. The molecule has 2 aliphatic rings. The number of hydrogen-bond donors (Lipinski definition) is 0. The van der Waals surface area contributed by atoms with Crippen LogP contribution in [0.2, 0.25) is 5.02 Å². The number of likely N-dealkylation sites (N-methyl/N-ethyl adjacent to an activating group) is 1. The van der Waals surface area contributed by atoms with Gasteiger partial charge < -0.3 is 14.3 Å². The van der Waals surface area contributed by atoms with E-state index in [0.29, 0.717) is 36.5 Å². The Kier molecular flexibility index (Phi) is 5.97. The van der Waals surface area contributed by atoms with Gasteiger partial charge >= 0.3 is 0 Å². The highest BCUT2D eigenvalue weighted by atomic mass is 35.5. The van der Waals surface area contributed by atoms with Crippen LogP contribution in [0.1, 0.15) is 66.2 Å². The van der Waals surface area contributed by atoms with E-state index >= 15 is 0 Å². The minimum atomic E-state index is 0.0624. The van der Waals surface area contributed by atoms with E-state index in [9.17, 15) is 4.79 Å². The quantitative estimate of drug-likeness (QED) is 0.574. The second kappa shape index (κ2) is 8.91. The van der Waals surface area contributed by atoms with Gasteiger partial charge in [-0.05, 0) is 70.5 Å². The van der Waals surface area contributed by atoms with Crippen LogP contribution in [0.15, 0.2) is 28.8 Å². The molecule has 5 rings (SSSR count). The zero-order chi connectivity index (χ0) is 23.1. The minimum Gasteiger partial charge on any atom is -0.361 e. The molecule has 8 nitrogen and oxygen atoms in total. The monoisotopic (exact) mass is 468 g/mol. The summed E-state index contributed by atoms with van der Waals surface area (Å²) in [6, 6.07) is 7.93. The van der Waals surface area contributed by atoms with E-state index in [1.54, 1.807) is 0 Å². The number of carbonyl (C=O) groups excluding carboxylic acids is 1. The van der Waals surface area contributed by atoms with E-state index in [1.165, 1.54) is 0 Å². The average Bonchev–Trinajstić information content (AvgIpc) is 3.36. The molecule has 1 saturated carbocycles. The summed E-state index contributed by atoms with van der Waals surface area (Å²) >= 11 is 6.34. The lowest BCUT2D eigenvalue weighted by atomic mass is 9.80. The lowest BCUT2D eigenvalue weighted by Gasteiger charge is -2.27. The van der Waals surface area contributed by atoms with Crippen molar-refractivity contribution < 1.29 is 9.32 Å². The van der Waals surface area contributed by atoms with Crippen LogP contribution in [-0.4, -0.2) is 56.3 Å². The van der Waals surface area contributed by atoms with Gasteiger partial charge in [0.15, 0.2) is 5.82 Å². The number of rotatable bonds is 4. The molecule has 0 unspecified atom stereocenters. The fourth-order valence-corrected chi connectivity index (χ4v) is 5.26. The Morgan fingerprint density at radius 1 is 1.12 bits per heavy atom. The van der Waals surface area contributed by atoms with Crippen LogP contribution >= 0.6 is 11.6 Å². The maximum absolute atomic E-state index is 12.9. The van der Waals surface area contributed by atoms with Gasteiger partial charge in [-0.1, -0.05) is 16.8 Å². The van der Waals surface area contributed by atoms with Crippen molar-refractivity contribution in [1.29, 1.82) is 0 Å². The summed E-state index contributed by atoms with van der Waals surface area (Å²) in [4.78, 5) is 16.7. The van der Waals surface area contributed by atoms with E-state index < -0.39 is 0 Å². The van der Waals surface area contributed by atoms with E-state index in [-0.39, 0.29) is 5.91 Å². The van der Waals surface area contributed by atoms with E-state index in [0.717, 1.165) is 60.0 Å². The van der Waals surface area contributed by atoms with E-state index in [4.69, 9.17) is 16.1 Å². The van der Waals surface area contributed by atoms with Crippen molar-refractivity contribution in [2.24, 2.45) is 0 Å². The number of carbonyl (C=O) groups is 1. The summed E-state index contributed by atoms with van der Waals surface area (Å²) in [6.07, 6.45) is 4.11. The highest BCUT2D eigenvalue weighted by molar-refractivity contribution is 6.30. The third-order valence-corrected chi connectivity index (χ3v) is 6.93. The second-order valence-electron chi connectivity index (χ2n) is 9.48. The molecule has 1 aromatic carbocycles. The van der Waals surface area contributed by atoms with Gasteiger partial charge in [0.25, 0.3) is 0 Å². The first kappa shape index (κ1) is 22.1. The topological polar surface area (TPSA) is 80.3 Å². The van der Waals surface area contributed by atoms with Crippen molar-refractivity contribution in [3.63, 3.8) is 0 Å². The largest absolute Gasteiger partial charge is 0.361 e. The van der Waals surface area contributed by atoms with Crippen LogP contribution in [-0.2, 0) is 17.9 Å². The summed E-state index contributed by atoms with van der Waals surface area (Å²) in [5.41, 5.74) is 3.09. The number of fused-ring (bicyclic) bond motifs is 3. The molecule has 1 amide bonds. The van der Waals surface area contributed by atoms with Crippen molar-refractivity contribution in [1.82, 2.24) is 29.7 Å². The first-order chi connectivity index (χ1) is 15.9. The molecular formula is C24H29ClN6O2. The SMILES string of the molecule is Cc1cc(C2CCC(c3nnc4n3-c3ccc(Cl)cc3CN(C(=O)CN(C)C)C4)CC2)no1. The van der Waals surface area contributed by atoms with Crippen molar-refractivity contribution in [2.45, 2.75) is 57.5 Å². The number of nitrogens with zero attached hydrogens (tertiary/aromatic N) is 6. The molecule has 1 aliphatic carbocycles. The Morgan fingerprint density at radius 3 is 2.58 bits per heavy atom. The summed E-state index contributed by atoms with van der Waals surface area (Å²) in [5.74, 6) is 3.43. The molecule has 1 fully saturated rings. The molecule has 0 spiro atoms. The van der Waals surface area contributed by atoms with E-state index in [2.05, 4.69) is 19.9 Å². The molecule has 2 aromatic heterocycles. The molecule has 0 bridgehead atoms. The average molecular weight is 469 g/mol. The minimum absolute atomic E-state index is 0.0624. The maximum Gasteiger partial charge on any atom is 0.237 e. The predicted molar refractivity (Wildman–Crippen MR) is 124 cm³/mol. The Balaban J connectivity index is 1.45. The van der Waals surface area contributed by atoms with Crippen molar-refractivity contribution in [3.05, 3.63) is 58.0 Å². The van der Waals surface area contributed by atoms with E-state index in [1.807, 2.05) is 55.1 Å². The van der Waals surface area contributed by atoms with Gasteiger partial charge in [0.05, 0.1) is 24.5 Å². The number of amides is 1. The predicted octanol–water partition coefficient (Wildman–Crippen LogP) is 4.06. The lowest BCUT2D eigenvalue weighted by molar-refractivity contribution is -0.133. The molecule has 9 heteroatoms. The zero-order valence-corrected chi connectivity index (χ0v) is 20.0. The highest BCUT2D eigenvalue weighted by Crippen LogP contribution is 2.41. The van der Waals surface area contributed by atoms with Gasteiger partial charge in [0.1, 0.15) is 11.6 Å². The van der Waals surface area contributed by atoms with Gasteiger partial charge in [-0.25, -0.2) is 0 Å². The van der Waals surface area contributed by atoms with Crippen LogP contribution in [0.4, 0.5) is 0 Å². The first-order valence-corrected chi connectivity index (χ1v) is 11.9. The fourth-order valence-electron chi connectivity index (χ4n) is 5.06. The summed E-state index contributed by atoms with van der Waals surface area (Å²) in [5, 5.41) is 14.1. The van der Waals surface area contributed by atoms with Gasteiger partial charge in [0, 0.05) is 29.5 Å². The normalized spacial score (nSPS) is 20.5. The Morgan fingerprint density at radius 2 is 1.88 bits per heavy atom. The molecule has 33 heavy (non-hydrogen) atoms. The number of aryl methyl sites for hydroxylation is 1. The number of benzene rings is 1. The fraction of sp³-hybridized carbons (Fsp3) is 0.500. The molecule has 3 heterocycles. The standard InChI is InChI=1S/C24H29ClN6O2/c1-15-10-20(28-33-15)16-4-6-17(7-5-16)24-27-26-22-13-30(23(32)14-29(2)3)12-18-11-19(25)8-9-21(18)31(22)24/h8-11,16-17H,4-7,12-14H2,1-3H3. The van der Waals surface area contributed by atoms with Crippen molar-refractivity contribution in [2.75, 3.05) is 20.6 Å².